The maximum atomic E-state index is 12.9. The largest absolute Gasteiger partial charge is 0.379 e. The van der Waals surface area contributed by atoms with Gasteiger partial charge in [0.05, 0.1) is 24.1 Å². The number of halogens is 1. The van der Waals surface area contributed by atoms with Crippen LogP contribution in [0.25, 0.3) is 0 Å². The number of ether oxygens (including phenoxy) is 1. The summed E-state index contributed by atoms with van der Waals surface area (Å²) in [5.74, 6) is -0.397. The third-order valence-electron chi connectivity index (χ3n) is 5.33. The van der Waals surface area contributed by atoms with E-state index in [1.165, 1.54) is 11.3 Å². The number of hydrogen-bond acceptors (Lipinski definition) is 5. The van der Waals surface area contributed by atoms with Gasteiger partial charge in [0.25, 0.3) is 11.8 Å². The smallest absolute Gasteiger partial charge is 0.265 e. The number of carbonyl (C=O) groups excluding carboxylic acids is 2. The molecule has 166 valence electrons. The molecule has 2 amide bonds. The number of anilines is 1. The molecule has 1 fully saturated rings. The molecule has 0 spiro atoms. The number of benzene rings is 2. The lowest BCUT2D eigenvalue weighted by Gasteiger charge is -2.35. The SMILES string of the molecule is O=C(NCC(c1ccccc1Cl)N1CCOCC1)c1cccc(NC(=O)c2cccs2)c1. The van der Waals surface area contributed by atoms with Gasteiger partial charge in [-0.2, -0.15) is 0 Å². The monoisotopic (exact) mass is 469 g/mol. The first kappa shape index (κ1) is 22.5. The van der Waals surface area contributed by atoms with Crippen molar-refractivity contribution in [2.24, 2.45) is 0 Å². The van der Waals surface area contributed by atoms with Gasteiger partial charge in [-0.1, -0.05) is 41.9 Å². The van der Waals surface area contributed by atoms with Gasteiger partial charge in [0.15, 0.2) is 0 Å². The van der Waals surface area contributed by atoms with Crippen LogP contribution in [0.3, 0.4) is 0 Å². The van der Waals surface area contributed by atoms with Crippen molar-refractivity contribution in [2.45, 2.75) is 6.04 Å². The van der Waals surface area contributed by atoms with Gasteiger partial charge < -0.3 is 15.4 Å². The molecule has 0 saturated carbocycles. The molecule has 32 heavy (non-hydrogen) atoms. The van der Waals surface area contributed by atoms with Crippen LogP contribution in [-0.2, 0) is 4.74 Å². The van der Waals surface area contributed by atoms with Gasteiger partial charge in [-0.05, 0) is 41.3 Å². The van der Waals surface area contributed by atoms with Crippen molar-refractivity contribution in [1.82, 2.24) is 10.2 Å². The molecule has 1 aliphatic heterocycles. The third kappa shape index (κ3) is 5.55. The lowest BCUT2D eigenvalue weighted by Crippen LogP contribution is -2.44. The Balaban J connectivity index is 1.45. The first-order chi connectivity index (χ1) is 15.6. The Kier molecular flexibility index (Phi) is 7.55. The first-order valence-electron chi connectivity index (χ1n) is 10.4. The molecule has 1 saturated heterocycles. The summed E-state index contributed by atoms with van der Waals surface area (Å²) in [5, 5.41) is 8.41. The summed E-state index contributed by atoms with van der Waals surface area (Å²) < 4.78 is 5.49. The van der Waals surface area contributed by atoms with E-state index in [2.05, 4.69) is 15.5 Å². The van der Waals surface area contributed by atoms with Crippen LogP contribution in [0.5, 0.6) is 0 Å². The topological polar surface area (TPSA) is 70.7 Å². The van der Waals surface area contributed by atoms with E-state index in [0.29, 0.717) is 40.9 Å². The Morgan fingerprint density at radius 3 is 2.59 bits per heavy atom. The van der Waals surface area contributed by atoms with Gasteiger partial charge in [-0.25, -0.2) is 0 Å². The zero-order valence-electron chi connectivity index (χ0n) is 17.4. The van der Waals surface area contributed by atoms with Crippen LogP contribution in [-0.4, -0.2) is 49.6 Å². The highest BCUT2D eigenvalue weighted by Gasteiger charge is 2.25. The van der Waals surface area contributed by atoms with Gasteiger partial charge >= 0.3 is 0 Å². The van der Waals surface area contributed by atoms with Crippen molar-refractivity contribution in [1.29, 1.82) is 0 Å². The lowest BCUT2D eigenvalue weighted by molar-refractivity contribution is 0.0162. The number of rotatable bonds is 7. The van der Waals surface area contributed by atoms with E-state index in [1.54, 1.807) is 30.3 Å². The minimum atomic E-state index is -0.206. The van der Waals surface area contributed by atoms with Crippen LogP contribution < -0.4 is 10.6 Å². The Morgan fingerprint density at radius 2 is 1.84 bits per heavy atom. The predicted molar refractivity (Wildman–Crippen MR) is 128 cm³/mol. The summed E-state index contributed by atoms with van der Waals surface area (Å²) in [4.78, 5) is 28.1. The van der Waals surface area contributed by atoms with Gasteiger partial charge in [0.2, 0.25) is 0 Å². The molecule has 8 heteroatoms. The normalized spacial score (nSPS) is 15.2. The molecule has 2 aromatic carbocycles. The number of nitrogens with one attached hydrogen (secondary N) is 2. The molecular formula is C24H24ClN3O3S. The van der Waals surface area contributed by atoms with Gasteiger partial charge in [0, 0.05) is 35.9 Å². The fourth-order valence-corrected chi connectivity index (χ4v) is 4.58. The predicted octanol–water partition coefficient (Wildman–Crippen LogP) is 4.46. The van der Waals surface area contributed by atoms with Crippen LogP contribution in [0, 0.1) is 0 Å². The summed E-state index contributed by atoms with van der Waals surface area (Å²) in [6.07, 6.45) is 0. The second-order valence-corrected chi connectivity index (χ2v) is 8.76. The third-order valence-corrected chi connectivity index (χ3v) is 6.55. The van der Waals surface area contributed by atoms with Crippen molar-refractivity contribution in [3.63, 3.8) is 0 Å². The molecule has 2 N–H and O–H groups in total. The Bertz CT molecular complexity index is 1070. The number of morpholine rings is 1. The van der Waals surface area contributed by atoms with Crippen LogP contribution in [0.2, 0.25) is 5.02 Å². The van der Waals surface area contributed by atoms with E-state index in [9.17, 15) is 9.59 Å². The molecule has 1 atom stereocenters. The summed E-state index contributed by atoms with van der Waals surface area (Å²) in [6.45, 7) is 3.27. The molecule has 4 rings (SSSR count). The van der Waals surface area contributed by atoms with Crippen LogP contribution in [0.4, 0.5) is 5.69 Å². The molecule has 1 aromatic heterocycles. The zero-order chi connectivity index (χ0) is 22.3. The summed E-state index contributed by atoms with van der Waals surface area (Å²) in [5.41, 5.74) is 2.04. The minimum Gasteiger partial charge on any atom is -0.379 e. The van der Waals surface area contributed by atoms with E-state index in [1.807, 2.05) is 35.7 Å². The van der Waals surface area contributed by atoms with Crippen molar-refractivity contribution >= 4 is 40.4 Å². The molecule has 1 aliphatic rings. The highest BCUT2D eigenvalue weighted by atomic mass is 35.5. The second kappa shape index (κ2) is 10.7. The molecule has 1 unspecified atom stereocenters. The van der Waals surface area contributed by atoms with Crippen molar-refractivity contribution in [3.8, 4) is 0 Å². The Hall–Kier alpha value is -2.71. The van der Waals surface area contributed by atoms with Crippen LogP contribution in [0.15, 0.2) is 66.0 Å². The molecule has 6 nitrogen and oxygen atoms in total. The van der Waals surface area contributed by atoms with E-state index < -0.39 is 0 Å². The molecule has 0 radical (unpaired) electrons. The summed E-state index contributed by atoms with van der Waals surface area (Å²) >= 11 is 7.84. The van der Waals surface area contributed by atoms with Gasteiger partial charge in [0.1, 0.15) is 0 Å². The maximum Gasteiger partial charge on any atom is 0.265 e. The Labute approximate surface area is 196 Å². The highest BCUT2D eigenvalue weighted by molar-refractivity contribution is 7.12. The second-order valence-electron chi connectivity index (χ2n) is 7.41. The lowest BCUT2D eigenvalue weighted by atomic mass is 10.0. The number of nitrogens with zero attached hydrogens (tertiary/aromatic N) is 1. The number of thiophene rings is 1. The average molecular weight is 470 g/mol. The average Bonchev–Trinajstić information content (AvgIpc) is 3.36. The molecule has 2 heterocycles. The van der Waals surface area contributed by atoms with Crippen molar-refractivity contribution in [2.75, 3.05) is 38.2 Å². The summed E-state index contributed by atoms with van der Waals surface area (Å²) in [6, 6.07) is 18.2. The Morgan fingerprint density at radius 1 is 1.03 bits per heavy atom. The zero-order valence-corrected chi connectivity index (χ0v) is 19.0. The van der Waals surface area contributed by atoms with Gasteiger partial charge in [-0.15, -0.1) is 11.3 Å². The maximum absolute atomic E-state index is 12.9. The highest BCUT2D eigenvalue weighted by Crippen LogP contribution is 2.28. The van der Waals surface area contributed by atoms with E-state index >= 15 is 0 Å². The van der Waals surface area contributed by atoms with Crippen molar-refractivity contribution < 1.29 is 14.3 Å². The number of amides is 2. The molecule has 3 aromatic rings. The fraction of sp³-hybridized carbons (Fsp3) is 0.250. The standard InChI is InChI=1S/C24H24ClN3O3S/c25-20-8-2-1-7-19(20)21(28-10-12-31-13-11-28)16-26-23(29)17-5-3-6-18(15-17)27-24(30)22-9-4-14-32-22/h1-9,14-15,21H,10-13,16H2,(H,26,29)(H,27,30). The molecule has 0 bridgehead atoms. The molecule has 0 aliphatic carbocycles. The van der Waals surface area contributed by atoms with Crippen molar-refractivity contribution in [3.05, 3.63) is 87.1 Å². The van der Waals surface area contributed by atoms with Gasteiger partial charge in [-0.3, -0.25) is 14.5 Å². The fourth-order valence-electron chi connectivity index (χ4n) is 3.70. The molecular weight excluding hydrogens is 446 g/mol. The quantitative estimate of drug-likeness (QED) is 0.536. The van der Waals surface area contributed by atoms with E-state index in [0.717, 1.165) is 18.7 Å². The first-order valence-corrected chi connectivity index (χ1v) is 11.7. The number of hydrogen-bond donors (Lipinski definition) is 2. The van der Waals surface area contributed by atoms with E-state index in [-0.39, 0.29) is 17.9 Å². The van der Waals surface area contributed by atoms with Crippen LogP contribution >= 0.6 is 22.9 Å². The minimum absolute atomic E-state index is 0.0572. The summed E-state index contributed by atoms with van der Waals surface area (Å²) in [7, 11) is 0. The van der Waals surface area contributed by atoms with E-state index in [4.69, 9.17) is 16.3 Å². The van der Waals surface area contributed by atoms with Crippen LogP contribution in [0.1, 0.15) is 31.6 Å². The number of carbonyl (C=O) groups is 2.